The fraction of sp³-hybridized carbons (Fsp3) is 0.667. The van der Waals surface area contributed by atoms with Crippen molar-refractivity contribution in [3.8, 4) is 0 Å². The summed E-state index contributed by atoms with van der Waals surface area (Å²) in [5.74, 6) is -3.54. The number of nitrogens with zero attached hydrogens (tertiary/aromatic N) is 1. The van der Waals surface area contributed by atoms with E-state index in [2.05, 4.69) is 20.9 Å². The number of aliphatic imine (C=N–C) groups is 1. The first-order valence-electron chi connectivity index (χ1n) is 8.55. The van der Waals surface area contributed by atoms with Crippen molar-refractivity contribution in [2.45, 2.75) is 50.9 Å². The van der Waals surface area contributed by atoms with Crippen LogP contribution < -0.4 is 33.2 Å². The Morgan fingerprint density at radius 3 is 2.04 bits per heavy atom. The van der Waals surface area contributed by atoms with E-state index in [4.69, 9.17) is 22.3 Å². The van der Waals surface area contributed by atoms with Gasteiger partial charge in [0.2, 0.25) is 17.7 Å². The zero-order chi connectivity index (χ0) is 21.9. The lowest BCUT2D eigenvalue weighted by atomic mass is 10.1. The van der Waals surface area contributed by atoms with Gasteiger partial charge in [-0.2, -0.15) is 0 Å². The number of hydrogen-bond donors (Lipinski definition) is 8. The van der Waals surface area contributed by atoms with E-state index in [1.54, 1.807) is 0 Å². The fourth-order valence-electron chi connectivity index (χ4n) is 1.90. The molecular weight excluding hydrogens is 374 g/mol. The van der Waals surface area contributed by atoms with E-state index >= 15 is 0 Å². The van der Waals surface area contributed by atoms with Crippen LogP contribution >= 0.6 is 0 Å². The van der Waals surface area contributed by atoms with Crippen molar-refractivity contribution in [2.24, 2.45) is 22.2 Å². The average molecular weight is 403 g/mol. The van der Waals surface area contributed by atoms with Gasteiger partial charge in [-0.3, -0.25) is 24.2 Å². The smallest absolute Gasteiger partial charge is 0.325 e. The number of carbonyl (C=O) groups excluding carboxylic acids is 3. The predicted molar refractivity (Wildman–Crippen MR) is 99.7 cm³/mol. The molecule has 11 N–H and O–H groups in total. The largest absolute Gasteiger partial charge is 0.480 e. The van der Waals surface area contributed by atoms with Crippen molar-refractivity contribution in [2.75, 3.05) is 13.2 Å². The maximum absolute atomic E-state index is 12.1. The summed E-state index contributed by atoms with van der Waals surface area (Å²) in [5, 5.41) is 24.8. The van der Waals surface area contributed by atoms with Crippen LogP contribution in [-0.4, -0.2) is 77.2 Å². The van der Waals surface area contributed by atoms with Gasteiger partial charge in [-0.1, -0.05) is 0 Å². The van der Waals surface area contributed by atoms with Crippen LogP contribution in [0.2, 0.25) is 0 Å². The van der Waals surface area contributed by atoms with E-state index in [9.17, 15) is 24.3 Å². The monoisotopic (exact) mass is 403 g/mol. The van der Waals surface area contributed by atoms with Gasteiger partial charge in [-0.05, 0) is 26.7 Å². The first-order valence-corrected chi connectivity index (χ1v) is 8.55. The third kappa shape index (κ3) is 9.68. The van der Waals surface area contributed by atoms with Gasteiger partial charge in [0.15, 0.2) is 5.96 Å². The first kappa shape index (κ1) is 25.1. The number of carboxylic acids is 1. The molecule has 0 aromatic heterocycles. The number of nitrogens with two attached hydrogens (primary N) is 3. The molecule has 0 saturated carbocycles. The first-order chi connectivity index (χ1) is 13.0. The zero-order valence-corrected chi connectivity index (χ0v) is 15.8. The van der Waals surface area contributed by atoms with Crippen LogP contribution in [0.5, 0.6) is 0 Å². The van der Waals surface area contributed by atoms with Gasteiger partial charge in [0.05, 0.1) is 12.6 Å². The summed E-state index contributed by atoms with van der Waals surface area (Å²) in [6.45, 7) is 2.15. The molecule has 0 rings (SSSR count). The van der Waals surface area contributed by atoms with Gasteiger partial charge >= 0.3 is 5.97 Å². The summed E-state index contributed by atoms with van der Waals surface area (Å²) < 4.78 is 0. The summed E-state index contributed by atoms with van der Waals surface area (Å²) >= 11 is 0. The molecule has 4 unspecified atom stereocenters. The van der Waals surface area contributed by atoms with Crippen LogP contribution in [0, 0.1) is 0 Å². The Morgan fingerprint density at radius 1 is 0.964 bits per heavy atom. The summed E-state index contributed by atoms with van der Waals surface area (Å²) in [5.41, 5.74) is 16.1. The van der Waals surface area contributed by atoms with Crippen molar-refractivity contribution in [3.63, 3.8) is 0 Å². The van der Waals surface area contributed by atoms with E-state index in [1.807, 2.05) is 0 Å². The Labute approximate surface area is 162 Å². The summed E-state index contributed by atoms with van der Waals surface area (Å²) in [6, 6.07) is -4.51. The SMILES string of the molecule is CC(NC(=O)C(C)NC(=O)C(CO)NC(=O)C(N)CCCN=C(N)N)C(=O)O. The standard InChI is InChI=1S/C15H29N7O6/c1-7(11(24)21-8(2)14(27)28)20-13(26)10(6-23)22-12(25)9(16)4-3-5-19-15(17)18/h7-10,23H,3-6,16H2,1-2H3,(H,20,26)(H,21,24)(H,22,25)(H,27,28)(H4,17,18,19). The molecule has 0 radical (unpaired) electrons. The summed E-state index contributed by atoms with van der Waals surface area (Å²) in [6.07, 6.45) is 0.676. The molecule has 160 valence electrons. The Hall–Kier alpha value is -2.93. The van der Waals surface area contributed by atoms with E-state index in [0.717, 1.165) is 0 Å². The van der Waals surface area contributed by atoms with Gasteiger partial charge in [-0.15, -0.1) is 0 Å². The highest BCUT2D eigenvalue weighted by atomic mass is 16.4. The fourth-order valence-corrected chi connectivity index (χ4v) is 1.90. The molecule has 28 heavy (non-hydrogen) atoms. The molecule has 0 fully saturated rings. The van der Waals surface area contributed by atoms with Crippen LogP contribution in [-0.2, 0) is 19.2 Å². The maximum Gasteiger partial charge on any atom is 0.325 e. The number of amides is 3. The van der Waals surface area contributed by atoms with E-state index in [-0.39, 0.29) is 18.9 Å². The second-order valence-corrected chi connectivity index (χ2v) is 6.10. The molecule has 0 heterocycles. The van der Waals surface area contributed by atoms with Crippen LogP contribution in [0.4, 0.5) is 0 Å². The van der Waals surface area contributed by atoms with Gasteiger partial charge in [0, 0.05) is 6.54 Å². The van der Waals surface area contributed by atoms with Crippen molar-refractivity contribution >= 4 is 29.7 Å². The summed E-state index contributed by atoms with van der Waals surface area (Å²) in [4.78, 5) is 50.5. The molecule has 13 heteroatoms. The molecule has 0 aromatic carbocycles. The lowest BCUT2D eigenvalue weighted by molar-refractivity contribution is -0.141. The normalized spacial score (nSPS) is 14.7. The maximum atomic E-state index is 12.1. The highest BCUT2D eigenvalue weighted by Gasteiger charge is 2.26. The van der Waals surface area contributed by atoms with Crippen molar-refractivity contribution in [1.29, 1.82) is 0 Å². The summed E-state index contributed by atoms with van der Waals surface area (Å²) in [7, 11) is 0. The number of aliphatic carboxylic acids is 1. The molecule has 4 atom stereocenters. The predicted octanol–water partition coefficient (Wildman–Crippen LogP) is -4.06. The average Bonchev–Trinajstić information content (AvgIpc) is 2.61. The minimum absolute atomic E-state index is 0.0778. The Balaban J connectivity index is 4.57. The molecule has 0 aliphatic rings. The van der Waals surface area contributed by atoms with Gasteiger partial charge in [-0.25, -0.2) is 0 Å². The molecule has 0 aliphatic carbocycles. The minimum atomic E-state index is -1.33. The number of aliphatic hydroxyl groups excluding tert-OH is 1. The Kier molecular flexibility index (Phi) is 11.2. The van der Waals surface area contributed by atoms with Crippen molar-refractivity contribution < 1.29 is 29.4 Å². The van der Waals surface area contributed by atoms with E-state index in [0.29, 0.717) is 6.42 Å². The van der Waals surface area contributed by atoms with E-state index < -0.39 is 54.5 Å². The number of hydrogen-bond acceptors (Lipinski definition) is 7. The number of rotatable bonds is 12. The molecule has 0 aliphatic heterocycles. The van der Waals surface area contributed by atoms with Crippen LogP contribution in [0.25, 0.3) is 0 Å². The molecule has 0 aromatic rings. The highest BCUT2D eigenvalue weighted by Crippen LogP contribution is 1.97. The van der Waals surface area contributed by atoms with Crippen LogP contribution in [0.15, 0.2) is 4.99 Å². The number of carbonyl (C=O) groups is 4. The van der Waals surface area contributed by atoms with Crippen molar-refractivity contribution in [1.82, 2.24) is 16.0 Å². The number of guanidine groups is 1. The quantitative estimate of drug-likeness (QED) is 0.0897. The molecule has 3 amide bonds. The molecule has 0 spiro atoms. The van der Waals surface area contributed by atoms with Crippen molar-refractivity contribution in [3.05, 3.63) is 0 Å². The van der Waals surface area contributed by atoms with Gasteiger partial charge in [0.25, 0.3) is 0 Å². The molecule has 0 saturated heterocycles. The minimum Gasteiger partial charge on any atom is -0.480 e. The lowest BCUT2D eigenvalue weighted by Gasteiger charge is -2.21. The third-order valence-corrected chi connectivity index (χ3v) is 3.60. The highest BCUT2D eigenvalue weighted by molar-refractivity contribution is 5.93. The number of aliphatic hydroxyl groups is 1. The molecular formula is C15H29N7O6. The number of carboxylic acid groups (broad SMARTS) is 1. The second-order valence-electron chi connectivity index (χ2n) is 6.10. The topological polar surface area (TPSA) is 235 Å². The molecule has 0 bridgehead atoms. The van der Waals surface area contributed by atoms with Crippen LogP contribution in [0.3, 0.4) is 0 Å². The lowest BCUT2D eigenvalue weighted by Crippen LogP contribution is -2.57. The Morgan fingerprint density at radius 2 is 1.54 bits per heavy atom. The van der Waals surface area contributed by atoms with Crippen LogP contribution in [0.1, 0.15) is 26.7 Å². The molecule has 13 nitrogen and oxygen atoms in total. The third-order valence-electron chi connectivity index (χ3n) is 3.60. The van der Waals surface area contributed by atoms with E-state index in [1.165, 1.54) is 13.8 Å². The van der Waals surface area contributed by atoms with Gasteiger partial charge in [0.1, 0.15) is 18.1 Å². The zero-order valence-electron chi connectivity index (χ0n) is 15.8. The Bertz CT molecular complexity index is 593. The number of nitrogens with one attached hydrogen (secondary N) is 3. The second kappa shape index (κ2) is 12.5. The van der Waals surface area contributed by atoms with Gasteiger partial charge < -0.3 is 43.4 Å².